The number of allylic oxidation sites excluding steroid dienone is 2. The Morgan fingerprint density at radius 1 is 1.50 bits per heavy atom. The van der Waals surface area contributed by atoms with Gasteiger partial charge in [0.05, 0.1) is 0 Å². The normalized spacial score (nSPS) is 24.6. The van der Waals surface area contributed by atoms with E-state index < -0.39 is 5.97 Å². The van der Waals surface area contributed by atoms with Crippen LogP contribution in [-0.4, -0.2) is 11.1 Å². The summed E-state index contributed by atoms with van der Waals surface area (Å²) in [6.45, 7) is 5.73. The lowest BCUT2D eigenvalue weighted by Gasteiger charge is -2.14. The molecule has 0 aromatic rings. The summed E-state index contributed by atoms with van der Waals surface area (Å²) in [5.41, 5.74) is 1.60. The Kier molecular flexibility index (Phi) is 4.85. The molecule has 1 aliphatic rings. The fourth-order valence-corrected chi connectivity index (χ4v) is 1.74. The van der Waals surface area contributed by atoms with Crippen molar-refractivity contribution in [2.24, 2.45) is 5.92 Å². The molecule has 0 spiro atoms. The zero-order valence-electron chi connectivity index (χ0n) is 9.75. The quantitative estimate of drug-likeness (QED) is 0.439. The summed E-state index contributed by atoms with van der Waals surface area (Å²) in [4.78, 5) is 10.9. The second-order valence-corrected chi connectivity index (χ2v) is 4.21. The Morgan fingerprint density at radius 2 is 2.19 bits per heavy atom. The highest BCUT2D eigenvalue weighted by Crippen LogP contribution is 2.22. The lowest BCUT2D eigenvalue weighted by molar-refractivity contribution is -0.133. The van der Waals surface area contributed by atoms with Crippen LogP contribution in [0.1, 0.15) is 39.0 Å². The summed E-state index contributed by atoms with van der Waals surface area (Å²) in [6.07, 6.45) is 6.36. The molecule has 0 aromatic carbocycles. The molecular formula is C14H18O2. The molecule has 2 heteroatoms. The molecule has 0 radical (unpaired) electrons. The Hall–Kier alpha value is -1.49. The second kappa shape index (κ2) is 6.17. The monoisotopic (exact) mass is 218 g/mol. The maximum absolute atomic E-state index is 10.9. The molecule has 1 rings (SSSR count). The maximum Gasteiger partial charge on any atom is 0.331 e. The van der Waals surface area contributed by atoms with E-state index in [1.165, 1.54) is 5.57 Å². The van der Waals surface area contributed by atoms with E-state index in [1.807, 2.05) is 0 Å². The summed E-state index contributed by atoms with van der Waals surface area (Å²) in [6, 6.07) is 0. The Morgan fingerprint density at radius 3 is 2.88 bits per heavy atom. The topological polar surface area (TPSA) is 37.3 Å². The minimum absolute atomic E-state index is 0.0276. The number of carboxylic acids is 1. The number of aliphatic carboxylic acids is 1. The smallest absolute Gasteiger partial charge is 0.331 e. The van der Waals surface area contributed by atoms with Gasteiger partial charge < -0.3 is 5.11 Å². The highest BCUT2D eigenvalue weighted by molar-refractivity contribution is 5.86. The second-order valence-electron chi connectivity index (χ2n) is 4.21. The van der Waals surface area contributed by atoms with Crippen LogP contribution in [0, 0.1) is 17.8 Å². The molecule has 0 amide bonds. The van der Waals surface area contributed by atoms with Crippen LogP contribution < -0.4 is 0 Å². The van der Waals surface area contributed by atoms with E-state index >= 15 is 0 Å². The zero-order valence-corrected chi connectivity index (χ0v) is 9.75. The predicted molar refractivity (Wildman–Crippen MR) is 64.9 cm³/mol. The first-order chi connectivity index (χ1) is 7.61. The van der Waals surface area contributed by atoms with Crippen LogP contribution in [0.3, 0.4) is 0 Å². The van der Waals surface area contributed by atoms with E-state index in [9.17, 15) is 4.79 Å². The van der Waals surface area contributed by atoms with E-state index in [4.69, 9.17) is 5.11 Å². The zero-order chi connectivity index (χ0) is 12.0. The van der Waals surface area contributed by atoms with Crippen molar-refractivity contribution in [1.82, 2.24) is 0 Å². The molecule has 0 saturated heterocycles. The maximum atomic E-state index is 10.9. The minimum atomic E-state index is -0.888. The van der Waals surface area contributed by atoms with Crippen molar-refractivity contribution in [3.63, 3.8) is 0 Å². The summed E-state index contributed by atoms with van der Waals surface area (Å²) in [7, 11) is 0. The molecule has 1 atom stereocenters. The lowest BCUT2D eigenvalue weighted by Crippen LogP contribution is -2.11. The molecule has 86 valence electrons. The number of carbonyl (C=O) groups is 1. The predicted octanol–water partition coefficient (Wildman–Crippen LogP) is 3.16. The first kappa shape index (κ1) is 12.6. The highest BCUT2D eigenvalue weighted by atomic mass is 16.4. The van der Waals surface area contributed by atoms with Crippen molar-refractivity contribution in [3.8, 4) is 11.8 Å². The minimum Gasteiger partial charge on any atom is -0.478 e. The fraction of sp³-hybridized carbons (Fsp3) is 0.500. The molecule has 0 heterocycles. The van der Waals surface area contributed by atoms with Gasteiger partial charge in [0.15, 0.2) is 0 Å². The SMILES string of the molecule is C=C(C(=O)O)C1C/C=C(\C)CCC#CCC1. The van der Waals surface area contributed by atoms with Crippen LogP contribution in [0.15, 0.2) is 23.8 Å². The lowest BCUT2D eigenvalue weighted by atomic mass is 9.90. The van der Waals surface area contributed by atoms with Gasteiger partial charge in [0.1, 0.15) is 0 Å². The van der Waals surface area contributed by atoms with E-state index in [1.54, 1.807) is 0 Å². The standard InChI is InChI=1S/C14H18O2/c1-11-7-5-3-4-6-8-13(10-9-11)12(2)14(15)16/h9,13H,2,5-8,10H2,1H3,(H,15,16)/b11-9+. The fourth-order valence-electron chi connectivity index (χ4n) is 1.74. The van der Waals surface area contributed by atoms with E-state index in [2.05, 4.69) is 31.4 Å². The summed E-state index contributed by atoms with van der Waals surface area (Å²) < 4.78 is 0. The number of carboxylic acid groups (broad SMARTS) is 1. The summed E-state index contributed by atoms with van der Waals surface area (Å²) >= 11 is 0. The van der Waals surface area contributed by atoms with Gasteiger partial charge in [-0.15, -0.1) is 11.8 Å². The average molecular weight is 218 g/mol. The summed E-state index contributed by atoms with van der Waals surface area (Å²) in [5.74, 6) is 5.33. The van der Waals surface area contributed by atoms with Gasteiger partial charge in [0.2, 0.25) is 0 Å². The first-order valence-corrected chi connectivity index (χ1v) is 5.64. The third-order valence-electron chi connectivity index (χ3n) is 2.91. The Bertz CT molecular complexity index is 366. The average Bonchev–Trinajstić information content (AvgIpc) is 2.26. The van der Waals surface area contributed by atoms with E-state index in [0.717, 1.165) is 32.1 Å². The molecule has 1 unspecified atom stereocenters. The van der Waals surface area contributed by atoms with Crippen molar-refractivity contribution in [1.29, 1.82) is 0 Å². The Labute approximate surface area is 97.1 Å². The molecular weight excluding hydrogens is 200 g/mol. The third-order valence-corrected chi connectivity index (χ3v) is 2.91. The molecule has 0 aliphatic heterocycles. The number of hydrogen-bond acceptors (Lipinski definition) is 1. The molecule has 0 bridgehead atoms. The van der Waals surface area contributed by atoms with Crippen molar-refractivity contribution < 1.29 is 9.90 Å². The van der Waals surface area contributed by atoms with E-state index in [-0.39, 0.29) is 5.92 Å². The van der Waals surface area contributed by atoms with Crippen molar-refractivity contribution >= 4 is 5.97 Å². The van der Waals surface area contributed by atoms with Gasteiger partial charge in [-0.25, -0.2) is 4.79 Å². The van der Waals surface area contributed by atoms with Gasteiger partial charge in [-0.1, -0.05) is 18.2 Å². The summed E-state index contributed by atoms with van der Waals surface area (Å²) in [5, 5.41) is 8.93. The van der Waals surface area contributed by atoms with Crippen molar-refractivity contribution in [2.75, 3.05) is 0 Å². The molecule has 0 aromatic heterocycles. The van der Waals surface area contributed by atoms with Crippen LogP contribution in [-0.2, 0) is 4.79 Å². The van der Waals surface area contributed by atoms with Gasteiger partial charge in [0.25, 0.3) is 0 Å². The van der Waals surface area contributed by atoms with Crippen LogP contribution in [0.5, 0.6) is 0 Å². The van der Waals surface area contributed by atoms with Gasteiger partial charge in [0, 0.05) is 18.4 Å². The molecule has 0 saturated carbocycles. The molecule has 1 aliphatic carbocycles. The first-order valence-electron chi connectivity index (χ1n) is 5.64. The number of hydrogen-bond donors (Lipinski definition) is 1. The van der Waals surface area contributed by atoms with Gasteiger partial charge in [-0.2, -0.15) is 0 Å². The molecule has 16 heavy (non-hydrogen) atoms. The van der Waals surface area contributed by atoms with Crippen LogP contribution in [0.25, 0.3) is 0 Å². The molecule has 2 nitrogen and oxygen atoms in total. The molecule has 1 N–H and O–H groups in total. The van der Waals surface area contributed by atoms with Gasteiger partial charge >= 0.3 is 5.97 Å². The van der Waals surface area contributed by atoms with Crippen LogP contribution in [0.2, 0.25) is 0 Å². The van der Waals surface area contributed by atoms with Crippen molar-refractivity contribution in [2.45, 2.75) is 39.0 Å². The van der Waals surface area contributed by atoms with Crippen molar-refractivity contribution in [3.05, 3.63) is 23.8 Å². The van der Waals surface area contributed by atoms with Crippen LogP contribution >= 0.6 is 0 Å². The third kappa shape index (κ3) is 3.94. The van der Waals surface area contributed by atoms with Gasteiger partial charge in [-0.05, 0) is 32.1 Å². The largest absolute Gasteiger partial charge is 0.478 e. The highest BCUT2D eigenvalue weighted by Gasteiger charge is 2.16. The van der Waals surface area contributed by atoms with Gasteiger partial charge in [-0.3, -0.25) is 0 Å². The Balaban J connectivity index is 2.74. The van der Waals surface area contributed by atoms with Crippen LogP contribution in [0.4, 0.5) is 0 Å². The number of rotatable bonds is 2. The molecule has 0 fully saturated rings. The van der Waals surface area contributed by atoms with E-state index in [0.29, 0.717) is 5.57 Å².